The lowest BCUT2D eigenvalue weighted by molar-refractivity contribution is 0.0955. The van der Waals surface area contributed by atoms with E-state index in [9.17, 15) is 4.79 Å². The molecule has 34 heavy (non-hydrogen) atoms. The summed E-state index contributed by atoms with van der Waals surface area (Å²) in [6.45, 7) is 3.30. The van der Waals surface area contributed by atoms with Crippen LogP contribution in [-0.2, 0) is 6.61 Å². The first kappa shape index (κ1) is 25.3. The number of hydrazone groups is 1. The second kappa shape index (κ2) is 14.1. The predicted octanol–water partition coefficient (Wildman–Crippen LogP) is 7.03. The average molecular weight is 479 g/mol. The highest BCUT2D eigenvalue weighted by Gasteiger charge is 2.06. The van der Waals surface area contributed by atoms with Crippen molar-refractivity contribution in [2.45, 2.75) is 45.6 Å². The molecule has 1 N–H and O–H groups in total. The van der Waals surface area contributed by atoms with Gasteiger partial charge in [0.1, 0.15) is 18.1 Å². The maximum Gasteiger partial charge on any atom is 0.271 e. The van der Waals surface area contributed by atoms with Gasteiger partial charge in [0, 0.05) is 16.1 Å². The van der Waals surface area contributed by atoms with E-state index < -0.39 is 0 Å². The number of nitrogens with zero attached hydrogens (tertiary/aromatic N) is 1. The molecule has 0 unspecified atom stereocenters. The Balaban J connectivity index is 1.46. The molecule has 0 aliphatic rings. The summed E-state index contributed by atoms with van der Waals surface area (Å²) in [5.41, 5.74) is 4.90. The molecular weight excluding hydrogens is 448 g/mol. The minimum absolute atomic E-state index is 0.296. The van der Waals surface area contributed by atoms with Crippen molar-refractivity contribution in [1.29, 1.82) is 0 Å². The molecule has 3 aromatic rings. The predicted molar refractivity (Wildman–Crippen MR) is 138 cm³/mol. The van der Waals surface area contributed by atoms with Gasteiger partial charge in [-0.1, -0.05) is 68.5 Å². The quantitative estimate of drug-likeness (QED) is 0.163. The van der Waals surface area contributed by atoms with E-state index in [0.29, 0.717) is 29.5 Å². The van der Waals surface area contributed by atoms with Crippen LogP contribution in [0.2, 0.25) is 5.02 Å². The van der Waals surface area contributed by atoms with Crippen LogP contribution in [-0.4, -0.2) is 18.7 Å². The number of unbranched alkanes of at least 4 members (excludes halogenated alkanes) is 4. The molecule has 6 heteroatoms. The summed E-state index contributed by atoms with van der Waals surface area (Å²) in [6.07, 6.45) is 7.54. The van der Waals surface area contributed by atoms with E-state index >= 15 is 0 Å². The Kier molecular flexibility index (Phi) is 10.5. The Bertz CT molecular complexity index is 1050. The zero-order valence-corrected chi connectivity index (χ0v) is 20.3. The summed E-state index contributed by atoms with van der Waals surface area (Å²) in [4.78, 5) is 12.4. The lowest BCUT2D eigenvalue weighted by Gasteiger charge is -2.09. The summed E-state index contributed by atoms with van der Waals surface area (Å²) < 4.78 is 11.7. The fourth-order valence-corrected chi connectivity index (χ4v) is 3.41. The van der Waals surface area contributed by atoms with Crippen molar-refractivity contribution >= 4 is 23.7 Å². The molecule has 0 aliphatic carbocycles. The van der Waals surface area contributed by atoms with Crippen molar-refractivity contribution in [2.75, 3.05) is 6.61 Å². The molecule has 3 rings (SSSR count). The zero-order valence-electron chi connectivity index (χ0n) is 19.5. The Hall–Kier alpha value is -3.31. The number of para-hydroxylation sites is 1. The van der Waals surface area contributed by atoms with E-state index in [-0.39, 0.29) is 5.91 Å². The van der Waals surface area contributed by atoms with Crippen molar-refractivity contribution in [3.8, 4) is 11.5 Å². The summed E-state index contributed by atoms with van der Waals surface area (Å²) in [5.74, 6) is 1.14. The van der Waals surface area contributed by atoms with E-state index in [1.165, 1.54) is 25.7 Å². The van der Waals surface area contributed by atoms with Crippen LogP contribution in [0.1, 0.15) is 60.5 Å². The van der Waals surface area contributed by atoms with E-state index in [4.69, 9.17) is 21.1 Å². The monoisotopic (exact) mass is 478 g/mol. The SMILES string of the molecule is CCCCCCCOc1ccccc1C=NNC(=O)c1ccc(OCc2ccc(Cl)cc2)cc1. The van der Waals surface area contributed by atoms with Crippen LogP contribution in [0, 0.1) is 0 Å². The largest absolute Gasteiger partial charge is 0.493 e. The van der Waals surface area contributed by atoms with Gasteiger partial charge in [0.15, 0.2) is 0 Å². The molecule has 178 valence electrons. The van der Waals surface area contributed by atoms with E-state index in [2.05, 4.69) is 17.5 Å². The van der Waals surface area contributed by atoms with Gasteiger partial charge in [-0.05, 0) is 60.5 Å². The first-order chi connectivity index (χ1) is 16.7. The summed E-state index contributed by atoms with van der Waals surface area (Å²) in [6, 6.07) is 22.1. The minimum atomic E-state index is -0.296. The highest BCUT2D eigenvalue weighted by molar-refractivity contribution is 6.30. The smallest absolute Gasteiger partial charge is 0.271 e. The van der Waals surface area contributed by atoms with E-state index in [1.807, 2.05) is 48.5 Å². The highest BCUT2D eigenvalue weighted by Crippen LogP contribution is 2.18. The molecule has 0 aromatic heterocycles. The van der Waals surface area contributed by atoms with Crippen molar-refractivity contribution in [2.24, 2.45) is 5.10 Å². The van der Waals surface area contributed by atoms with Gasteiger partial charge in [0.05, 0.1) is 12.8 Å². The Morgan fingerprint density at radius 3 is 2.41 bits per heavy atom. The molecule has 1 amide bonds. The third-order valence-corrected chi connectivity index (χ3v) is 5.48. The number of carbonyl (C=O) groups is 1. The third kappa shape index (κ3) is 8.56. The van der Waals surface area contributed by atoms with Crippen LogP contribution in [0.25, 0.3) is 0 Å². The van der Waals surface area contributed by atoms with Gasteiger partial charge in [-0.2, -0.15) is 5.10 Å². The Morgan fingerprint density at radius 2 is 1.65 bits per heavy atom. The molecule has 3 aromatic carbocycles. The number of rotatable bonds is 13. The Labute approximate surface area is 206 Å². The van der Waals surface area contributed by atoms with Crippen LogP contribution in [0.3, 0.4) is 0 Å². The molecule has 0 atom stereocenters. The molecule has 0 radical (unpaired) electrons. The van der Waals surface area contributed by atoms with Crippen LogP contribution < -0.4 is 14.9 Å². The van der Waals surface area contributed by atoms with Crippen LogP contribution in [0.4, 0.5) is 0 Å². The Morgan fingerprint density at radius 1 is 0.912 bits per heavy atom. The van der Waals surface area contributed by atoms with Gasteiger partial charge in [-0.25, -0.2) is 5.43 Å². The van der Waals surface area contributed by atoms with Crippen LogP contribution in [0.15, 0.2) is 77.9 Å². The normalized spacial score (nSPS) is 10.9. The van der Waals surface area contributed by atoms with Crippen LogP contribution in [0.5, 0.6) is 11.5 Å². The molecule has 0 saturated heterocycles. The fourth-order valence-electron chi connectivity index (χ4n) is 3.28. The number of hydrogen-bond donors (Lipinski definition) is 1. The zero-order chi connectivity index (χ0) is 24.0. The highest BCUT2D eigenvalue weighted by atomic mass is 35.5. The van der Waals surface area contributed by atoms with Crippen molar-refractivity contribution in [3.63, 3.8) is 0 Å². The third-order valence-electron chi connectivity index (χ3n) is 5.23. The van der Waals surface area contributed by atoms with Crippen molar-refractivity contribution < 1.29 is 14.3 Å². The summed E-state index contributed by atoms with van der Waals surface area (Å²) in [5, 5.41) is 4.80. The van der Waals surface area contributed by atoms with Gasteiger partial charge in [-0.3, -0.25) is 4.79 Å². The number of ether oxygens (including phenoxy) is 2. The average Bonchev–Trinajstić information content (AvgIpc) is 2.87. The van der Waals surface area contributed by atoms with Gasteiger partial charge >= 0.3 is 0 Å². The van der Waals surface area contributed by atoms with Crippen molar-refractivity contribution in [1.82, 2.24) is 5.43 Å². The van der Waals surface area contributed by atoms with Gasteiger partial charge in [0.25, 0.3) is 5.91 Å². The number of nitrogens with one attached hydrogen (secondary N) is 1. The second-order valence-corrected chi connectivity index (χ2v) is 8.38. The van der Waals surface area contributed by atoms with Gasteiger partial charge in [-0.15, -0.1) is 0 Å². The number of benzene rings is 3. The topological polar surface area (TPSA) is 59.9 Å². The number of carbonyl (C=O) groups excluding carboxylic acids is 1. The molecule has 0 aliphatic heterocycles. The van der Waals surface area contributed by atoms with Gasteiger partial charge in [0.2, 0.25) is 0 Å². The lowest BCUT2D eigenvalue weighted by Crippen LogP contribution is -2.17. The molecule has 0 fully saturated rings. The first-order valence-corrected chi connectivity index (χ1v) is 12.1. The molecule has 0 bridgehead atoms. The summed E-state index contributed by atoms with van der Waals surface area (Å²) in [7, 11) is 0. The van der Waals surface area contributed by atoms with E-state index in [0.717, 1.165) is 23.3 Å². The maximum atomic E-state index is 12.4. The standard InChI is InChI=1S/C28H31ClN2O3/c1-2-3-4-5-8-19-33-27-10-7-6-9-24(27)20-30-31-28(32)23-13-17-26(18-14-23)34-21-22-11-15-25(29)16-12-22/h6-7,9-18,20H,2-5,8,19,21H2,1H3,(H,31,32). The number of amides is 1. The molecule has 0 saturated carbocycles. The number of halogens is 1. The molecule has 5 nitrogen and oxygen atoms in total. The molecule has 0 spiro atoms. The van der Waals surface area contributed by atoms with E-state index in [1.54, 1.807) is 30.5 Å². The minimum Gasteiger partial charge on any atom is -0.493 e. The van der Waals surface area contributed by atoms with Crippen molar-refractivity contribution in [3.05, 3.63) is 94.5 Å². The molecule has 0 heterocycles. The lowest BCUT2D eigenvalue weighted by atomic mass is 10.2. The molecular formula is C28H31ClN2O3. The first-order valence-electron chi connectivity index (χ1n) is 11.7. The second-order valence-electron chi connectivity index (χ2n) is 7.94. The van der Waals surface area contributed by atoms with Gasteiger partial charge < -0.3 is 9.47 Å². The fraction of sp³-hybridized carbons (Fsp3) is 0.286. The summed E-state index contributed by atoms with van der Waals surface area (Å²) >= 11 is 5.90. The maximum absolute atomic E-state index is 12.4. The van der Waals surface area contributed by atoms with Crippen LogP contribution >= 0.6 is 11.6 Å². The number of hydrogen-bond acceptors (Lipinski definition) is 4.